The first-order chi connectivity index (χ1) is 23.9. The van der Waals surface area contributed by atoms with E-state index in [1.54, 1.807) is 30.3 Å². The molecule has 0 saturated carbocycles. The minimum atomic E-state index is -1.89. The Morgan fingerprint density at radius 1 is 1.16 bits per heavy atom. The highest BCUT2D eigenvalue weighted by Gasteiger charge is 2.60. The molecule has 3 N–H and O–H groups in total. The minimum absolute atomic E-state index is 0.00553. The van der Waals surface area contributed by atoms with E-state index in [0.29, 0.717) is 47.9 Å². The predicted octanol–water partition coefficient (Wildman–Crippen LogP) is 6.81. The quantitative estimate of drug-likeness (QED) is 0.228. The molecule has 50 heavy (non-hydrogen) atoms. The van der Waals surface area contributed by atoms with E-state index in [2.05, 4.69) is 45.2 Å². The topological polar surface area (TPSA) is 133 Å². The largest absolute Gasteiger partial charge is 0.462 e. The molecule has 10 unspecified atom stereocenters. The molecule has 1 aromatic rings. The van der Waals surface area contributed by atoms with Crippen molar-refractivity contribution in [2.75, 3.05) is 18.5 Å². The number of carbonyl (C=O) groups is 2. The summed E-state index contributed by atoms with van der Waals surface area (Å²) in [5.41, 5.74) is 0.510. The zero-order chi connectivity index (χ0) is 35.6. The minimum Gasteiger partial charge on any atom is -0.462 e. The van der Waals surface area contributed by atoms with E-state index in [1.165, 1.54) is 11.6 Å². The Bertz CT molecular complexity index is 1540. The van der Waals surface area contributed by atoms with Crippen LogP contribution < -0.4 is 5.32 Å². The van der Waals surface area contributed by atoms with Crippen molar-refractivity contribution in [3.8, 4) is 0 Å². The number of hydrogen-bond donors (Lipinski definition) is 3. The molecule has 6 rings (SSSR count). The first-order valence-corrected chi connectivity index (χ1v) is 18.3. The highest BCUT2D eigenvalue weighted by atomic mass is 35.5. The monoisotopic (exact) mass is 711 g/mol. The van der Waals surface area contributed by atoms with Crippen LogP contribution in [0.25, 0.3) is 0 Å². The van der Waals surface area contributed by atoms with E-state index >= 15 is 0 Å². The van der Waals surface area contributed by atoms with Gasteiger partial charge in [-0.15, -0.1) is 0 Å². The fraction of sp³-hybridized carbons (Fsp3) is 0.590. The van der Waals surface area contributed by atoms with Crippen LogP contribution in [0.5, 0.6) is 0 Å². The van der Waals surface area contributed by atoms with Gasteiger partial charge in [-0.2, -0.15) is 0 Å². The normalized spacial score (nSPS) is 37.6. The summed E-state index contributed by atoms with van der Waals surface area (Å²) in [5.74, 6) is -2.16. The number of aliphatic hydroxyl groups excluding tert-OH is 1. The Morgan fingerprint density at radius 2 is 1.94 bits per heavy atom. The number of allylic oxidation sites excluding steroid dienone is 4. The summed E-state index contributed by atoms with van der Waals surface area (Å²) in [6.45, 7) is 8.23. The molecule has 10 nitrogen and oxygen atoms in total. The molecule has 4 heterocycles. The molecule has 0 radical (unpaired) electrons. The molecule has 2 bridgehead atoms. The highest BCUT2D eigenvalue weighted by molar-refractivity contribution is 6.30. The van der Waals surface area contributed by atoms with Crippen molar-refractivity contribution in [3.05, 3.63) is 76.4 Å². The molecule has 4 aliphatic heterocycles. The summed E-state index contributed by atoms with van der Waals surface area (Å²) in [6.07, 6.45) is 10.2. The van der Waals surface area contributed by atoms with Crippen LogP contribution in [-0.4, -0.2) is 77.4 Å². The molecule has 1 aliphatic carbocycles. The standard InChI is InChI=1S/C39H50ClNO9/c1-5-33-25(4)15-16-38(50-33)20-31-19-30(49-38)14-9-24(3)17-23(2)7-6-8-27-22-46-35-34(42)26(18-32(36(43)48-31)39(27,35)45)21-47-37(44)41-29-12-10-28(40)11-13-29/h6-13,18,23,25,30-35,42,45H,5,14-17,19-22H2,1-4H3,(H,41,44). The lowest BCUT2D eigenvalue weighted by atomic mass is 9.70. The third-order valence-electron chi connectivity index (χ3n) is 10.8. The van der Waals surface area contributed by atoms with Crippen LogP contribution >= 0.6 is 11.6 Å². The zero-order valence-corrected chi connectivity index (χ0v) is 30.1. The number of carbonyl (C=O) groups excluding carboxylic acids is 2. The first kappa shape index (κ1) is 36.8. The van der Waals surface area contributed by atoms with Crippen molar-refractivity contribution < 1.29 is 43.5 Å². The summed E-state index contributed by atoms with van der Waals surface area (Å²) >= 11 is 5.95. The van der Waals surface area contributed by atoms with Crippen molar-refractivity contribution in [2.24, 2.45) is 17.8 Å². The number of esters is 1. The van der Waals surface area contributed by atoms with Gasteiger partial charge in [0.15, 0.2) is 5.79 Å². The van der Waals surface area contributed by atoms with Crippen LogP contribution in [0.1, 0.15) is 72.6 Å². The lowest BCUT2D eigenvalue weighted by Gasteiger charge is -2.50. The van der Waals surface area contributed by atoms with E-state index < -0.39 is 47.7 Å². The summed E-state index contributed by atoms with van der Waals surface area (Å²) in [6, 6.07) is 6.53. The number of hydrogen-bond acceptors (Lipinski definition) is 9. The molecule has 3 fully saturated rings. The van der Waals surface area contributed by atoms with E-state index in [4.69, 9.17) is 35.3 Å². The van der Waals surface area contributed by atoms with Crippen LogP contribution in [0.3, 0.4) is 0 Å². The van der Waals surface area contributed by atoms with Gasteiger partial charge < -0.3 is 33.9 Å². The zero-order valence-electron chi connectivity index (χ0n) is 29.3. The van der Waals surface area contributed by atoms with Crippen molar-refractivity contribution in [2.45, 2.75) is 115 Å². The number of halogens is 1. The van der Waals surface area contributed by atoms with Gasteiger partial charge in [-0.1, -0.05) is 68.3 Å². The number of benzene rings is 1. The van der Waals surface area contributed by atoms with Gasteiger partial charge in [0, 0.05) is 30.0 Å². The molecule has 1 aromatic carbocycles. The number of amides is 1. The summed E-state index contributed by atoms with van der Waals surface area (Å²) in [4.78, 5) is 27.0. The fourth-order valence-electron chi connectivity index (χ4n) is 8.10. The maximum atomic E-state index is 14.3. The second-order valence-corrected chi connectivity index (χ2v) is 15.1. The number of anilines is 1. The highest BCUT2D eigenvalue weighted by Crippen LogP contribution is 2.47. The van der Waals surface area contributed by atoms with Crippen LogP contribution in [-0.2, 0) is 28.5 Å². The number of ether oxygens (including phenoxy) is 5. The van der Waals surface area contributed by atoms with Crippen LogP contribution in [0, 0.1) is 17.8 Å². The van der Waals surface area contributed by atoms with E-state index in [9.17, 15) is 19.8 Å². The maximum absolute atomic E-state index is 14.3. The van der Waals surface area contributed by atoms with Gasteiger partial charge in [0.25, 0.3) is 0 Å². The van der Waals surface area contributed by atoms with E-state index in [1.807, 2.05) is 6.08 Å². The van der Waals surface area contributed by atoms with Crippen molar-refractivity contribution in [1.82, 2.24) is 0 Å². The van der Waals surface area contributed by atoms with Crippen molar-refractivity contribution in [1.29, 1.82) is 0 Å². The molecular weight excluding hydrogens is 662 g/mol. The van der Waals surface area contributed by atoms with Gasteiger partial charge in [0.05, 0.1) is 18.8 Å². The fourth-order valence-corrected chi connectivity index (χ4v) is 8.23. The third-order valence-corrected chi connectivity index (χ3v) is 11.1. The van der Waals surface area contributed by atoms with Crippen molar-refractivity contribution >= 4 is 29.4 Å². The van der Waals surface area contributed by atoms with Gasteiger partial charge in [0.1, 0.15) is 36.4 Å². The molecular formula is C39H50ClNO9. The average molecular weight is 712 g/mol. The third kappa shape index (κ3) is 7.91. The molecule has 1 amide bonds. The Kier molecular flexibility index (Phi) is 11.3. The Balaban J connectivity index is 1.31. The summed E-state index contributed by atoms with van der Waals surface area (Å²) in [5, 5.41) is 27.0. The van der Waals surface area contributed by atoms with Gasteiger partial charge in [0.2, 0.25) is 0 Å². The van der Waals surface area contributed by atoms with Gasteiger partial charge >= 0.3 is 12.1 Å². The van der Waals surface area contributed by atoms with Gasteiger partial charge in [-0.25, -0.2) is 4.79 Å². The lowest BCUT2D eigenvalue weighted by molar-refractivity contribution is -0.335. The second kappa shape index (κ2) is 15.3. The van der Waals surface area contributed by atoms with Gasteiger partial charge in [-0.05, 0) is 79.9 Å². The van der Waals surface area contributed by atoms with Crippen LogP contribution in [0.2, 0.25) is 5.02 Å². The molecule has 272 valence electrons. The second-order valence-electron chi connectivity index (χ2n) is 14.7. The SMILES string of the molecule is CCC1OC2(CCC1C)CC1CC(CC=C(C)CC(C)C=CC=C3COC4C(O)C(COC(=O)Nc5ccc(Cl)cc5)=CC(C(=O)O1)C34O)O2. The Hall–Kier alpha value is -2.99. The smallest absolute Gasteiger partial charge is 0.411 e. The molecule has 0 aromatic heterocycles. The van der Waals surface area contributed by atoms with E-state index in [0.717, 1.165) is 19.3 Å². The average Bonchev–Trinajstić information content (AvgIpc) is 3.42. The number of fused-ring (bicyclic) bond motifs is 2. The molecule has 5 aliphatic rings. The van der Waals surface area contributed by atoms with Crippen LogP contribution in [0.4, 0.5) is 10.5 Å². The summed E-state index contributed by atoms with van der Waals surface area (Å²) < 4.78 is 31.2. The lowest BCUT2D eigenvalue weighted by Crippen LogP contribution is -2.58. The van der Waals surface area contributed by atoms with E-state index in [-0.39, 0.29) is 36.9 Å². The number of rotatable bonds is 4. The molecule has 10 atom stereocenters. The molecule has 1 spiro atoms. The Morgan fingerprint density at radius 3 is 2.70 bits per heavy atom. The van der Waals surface area contributed by atoms with Gasteiger partial charge in [-0.3, -0.25) is 10.1 Å². The predicted molar refractivity (Wildman–Crippen MR) is 188 cm³/mol. The van der Waals surface area contributed by atoms with Crippen molar-refractivity contribution in [3.63, 3.8) is 0 Å². The molecule has 3 saturated heterocycles. The first-order valence-electron chi connectivity index (χ1n) is 17.9. The Labute approximate surface area is 299 Å². The van der Waals surface area contributed by atoms with Crippen LogP contribution in [0.15, 0.2) is 71.4 Å². The number of aliphatic hydroxyl groups is 2. The number of nitrogens with one attached hydrogen (secondary N) is 1. The molecule has 11 heteroatoms. The summed E-state index contributed by atoms with van der Waals surface area (Å²) in [7, 11) is 0. The maximum Gasteiger partial charge on any atom is 0.411 e.